The predicted molar refractivity (Wildman–Crippen MR) is 148 cm³/mol. The van der Waals surface area contributed by atoms with Gasteiger partial charge in [-0.3, -0.25) is 4.79 Å². The topological polar surface area (TPSA) is 77.4 Å². The van der Waals surface area contributed by atoms with Gasteiger partial charge in [-0.05, 0) is 81.2 Å². The Morgan fingerprint density at radius 3 is 2.25 bits per heavy atom. The van der Waals surface area contributed by atoms with Gasteiger partial charge in [-0.2, -0.15) is 18.4 Å². The van der Waals surface area contributed by atoms with Gasteiger partial charge in [0, 0.05) is 47.0 Å². The number of anilines is 2. The SMILES string of the molecule is CSc1ccc(NC2CCN(C(=O)COC3CCC(Nc4ccc(C#N)c(CF)c4)CC3)CC2)cc1C(F)(F)F. The highest BCUT2D eigenvalue weighted by Crippen LogP contribution is 2.38. The molecule has 1 aliphatic heterocycles. The van der Waals surface area contributed by atoms with Crippen molar-refractivity contribution in [3.05, 3.63) is 53.1 Å². The Morgan fingerprint density at radius 1 is 1.02 bits per heavy atom. The van der Waals surface area contributed by atoms with Crippen LogP contribution in [-0.4, -0.2) is 54.9 Å². The first-order valence-corrected chi connectivity index (χ1v) is 14.7. The minimum absolute atomic E-state index is 0.00402. The molecule has 0 aromatic heterocycles. The number of hydrogen-bond acceptors (Lipinski definition) is 6. The molecule has 0 radical (unpaired) electrons. The summed E-state index contributed by atoms with van der Waals surface area (Å²) >= 11 is 1.07. The molecule has 2 N–H and O–H groups in total. The Hall–Kier alpha value is -2.97. The minimum Gasteiger partial charge on any atom is -0.382 e. The second-order valence-corrected chi connectivity index (χ2v) is 11.1. The van der Waals surface area contributed by atoms with Gasteiger partial charge in [-0.15, -0.1) is 11.8 Å². The molecule has 2 fully saturated rings. The summed E-state index contributed by atoms with van der Waals surface area (Å²) in [4.78, 5) is 14.7. The van der Waals surface area contributed by atoms with E-state index in [1.807, 2.05) is 6.07 Å². The highest BCUT2D eigenvalue weighted by molar-refractivity contribution is 7.98. The fourth-order valence-corrected chi connectivity index (χ4v) is 5.92. The van der Waals surface area contributed by atoms with Crippen LogP contribution < -0.4 is 10.6 Å². The molecule has 4 rings (SSSR count). The van der Waals surface area contributed by atoms with Crippen LogP contribution in [0.15, 0.2) is 41.3 Å². The molecule has 2 aliphatic rings. The van der Waals surface area contributed by atoms with Crippen LogP contribution in [0.1, 0.15) is 55.2 Å². The van der Waals surface area contributed by atoms with Crippen LogP contribution in [0.25, 0.3) is 0 Å². The summed E-state index contributed by atoms with van der Waals surface area (Å²) in [5.41, 5.74) is 1.31. The standard InChI is InChI=1S/C29H34F4N4O2S/c1-40-27-9-6-24(15-26(27)29(31,32)33)36-22-10-12-37(13-11-22)28(38)18-39-25-7-4-21(5-8-25)35-23-3-2-19(17-34)20(14-23)16-30/h2-3,6,9,14-15,21-22,25,35-36H,4-5,7-8,10-13,16,18H2,1H3. The van der Waals surface area contributed by atoms with Crippen molar-refractivity contribution < 1.29 is 27.1 Å². The van der Waals surface area contributed by atoms with E-state index in [1.165, 1.54) is 6.07 Å². The summed E-state index contributed by atoms with van der Waals surface area (Å²) in [6.07, 6.45) is 1.82. The Labute approximate surface area is 236 Å². The first-order chi connectivity index (χ1) is 19.2. The maximum Gasteiger partial charge on any atom is 0.417 e. The molecule has 0 spiro atoms. The van der Waals surface area contributed by atoms with Gasteiger partial charge in [0.25, 0.3) is 0 Å². The number of carbonyl (C=O) groups is 1. The van der Waals surface area contributed by atoms with Gasteiger partial charge in [-0.25, -0.2) is 4.39 Å². The number of halogens is 4. The molecule has 1 aliphatic carbocycles. The highest BCUT2D eigenvalue weighted by atomic mass is 32.2. The van der Waals surface area contributed by atoms with Gasteiger partial charge >= 0.3 is 6.18 Å². The molecule has 2 aromatic carbocycles. The van der Waals surface area contributed by atoms with Crippen LogP contribution in [-0.2, 0) is 22.4 Å². The van der Waals surface area contributed by atoms with E-state index in [4.69, 9.17) is 10.00 Å². The predicted octanol–water partition coefficient (Wildman–Crippen LogP) is 6.61. The molecule has 0 unspecified atom stereocenters. The second-order valence-electron chi connectivity index (χ2n) is 10.3. The largest absolute Gasteiger partial charge is 0.417 e. The van der Waals surface area contributed by atoms with E-state index in [9.17, 15) is 22.4 Å². The zero-order valence-corrected chi connectivity index (χ0v) is 23.2. The molecule has 1 amide bonds. The zero-order chi connectivity index (χ0) is 28.7. The van der Waals surface area contributed by atoms with Crippen LogP contribution in [0.3, 0.4) is 0 Å². The van der Waals surface area contributed by atoms with E-state index in [-0.39, 0.29) is 35.6 Å². The first-order valence-electron chi connectivity index (χ1n) is 13.5. The van der Waals surface area contributed by atoms with E-state index >= 15 is 0 Å². The van der Waals surface area contributed by atoms with Crippen LogP contribution in [0.4, 0.5) is 28.9 Å². The number of nitrogens with one attached hydrogen (secondary N) is 2. The van der Waals surface area contributed by atoms with Crippen molar-refractivity contribution in [1.29, 1.82) is 5.26 Å². The number of alkyl halides is 4. The Bertz CT molecular complexity index is 1200. The zero-order valence-electron chi connectivity index (χ0n) is 22.4. The third-order valence-corrected chi connectivity index (χ3v) is 8.38. The normalized spacial score (nSPS) is 20.1. The molecule has 2 aromatic rings. The number of rotatable bonds is 9. The molecule has 1 heterocycles. The maximum atomic E-state index is 13.4. The number of nitriles is 1. The lowest BCUT2D eigenvalue weighted by molar-refractivity contribution is -0.140. The number of piperidine rings is 1. The first kappa shape index (κ1) is 30.0. The number of benzene rings is 2. The van der Waals surface area contributed by atoms with Gasteiger partial charge in [0.1, 0.15) is 13.3 Å². The summed E-state index contributed by atoms with van der Waals surface area (Å²) in [6, 6.07) is 11.6. The van der Waals surface area contributed by atoms with Gasteiger partial charge in [0.05, 0.1) is 23.3 Å². The molecular formula is C29H34F4N4O2S. The van der Waals surface area contributed by atoms with Crippen molar-refractivity contribution >= 4 is 29.0 Å². The monoisotopic (exact) mass is 578 g/mol. The lowest BCUT2D eigenvalue weighted by Crippen LogP contribution is -2.44. The van der Waals surface area contributed by atoms with Crippen molar-refractivity contribution in [1.82, 2.24) is 4.90 Å². The fraction of sp³-hybridized carbons (Fsp3) is 0.517. The van der Waals surface area contributed by atoms with Crippen molar-refractivity contribution in [2.75, 3.05) is 36.6 Å². The van der Waals surface area contributed by atoms with Gasteiger partial charge in [0.2, 0.25) is 5.91 Å². The quantitative estimate of drug-likeness (QED) is 0.258. The van der Waals surface area contributed by atoms with Crippen LogP contribution in [0.5, 0.6) is 0 Å². The molecule has 40 heavy (non-hydrogen) atoms. The number of thioether (sulfide) groups is 1. The number of likely N-dealkylation sites (tertiary alicyclic amines) is 1. The van der Waals surface area contributed by atoms with Gasteiger partial charge in [-0.1, -0.05) is 0 Å². The van der Waals surface area contributed by atoms with Crippen molar-refractivity contribution in [2.45, 2.75) is 74.5 Å². The Morgan fingerprint density at radius 2 is 1.65 bits per heavy atom. The Kier molecular flexibility index (Phi) is 10.2. The molecule has 11 heteroatoms. The third kappa shape index (κ3) is 7.82. The number of hydrogen-bond donors (Lipinski definition) is 2. The molecule has 1 saturated carbocycles. The smallest absolute Gasteiger partial charge is 0.382 e. The molecular weight excluding hydrogens is 544 g/mol. The van der Waals surface area contributed by atoms with E-state index in [2.05, 4.69) is 10.6 Å². The van der Waals surface area contributed by atoms with Gasteiger partial charge in [0.15, 0.2) is 0 Å². The van der Waals surface area contributed by atoms with Crippen LogP contribution in [0, 0.1) is 11.3 Å². The Balaban J connectivity index is 1.17. The summed E-state index contributed by atoms with van der Waals surface area (Å²) in [7, 11) is 0. The summed E-state index contributed by atoms with van der Waals surface area (Å²) in [5, 5.41) is 15.7. The third-order valence-electron chi connectivity index (χ3n) is 7.58. The van der Waals surface area contributed by atoms with E-state index < -0.39 is 18.4 Å². The van der Waals surface area contributed by atoms with Crippen LogP contribution in [0.2, 0.25) is 0 Å². The minimum atomic E-state index is -4.41. The maximum absolute atomic E-state index is 13.4. The average molecular weight is 579 g/mol. The van der Waals surface area contributed by atoms with Crippen LogP contribution >= 0.6 is 11.8 Å². The fourth-order valence-electron chi connectivity index (χ4n) is 5.32. The highest BCUT2D eigenvalue weighted by Gasteiger charge is 2.34. The number of carbonyl (C=O) groups excluding carboxylic acids is 1. The summed E-state index contributed by atoms with van der Waals surface area (Å²) in [6.45, 7) is 0.381. The van der Waals surface area contributed by atoms with E-state index in [0.29, 0.717) is 42.7 Å². The van der Waals surface area contributed by atoms with Crippen molar-refractivity contribution in [3.8, 4) is 6.07 Å². The van der Waals surface area contributed by atoms with Crippen molar-refractivity contribution in [3.63, 3.8) is 0 Å². The number of ether oxygens (including phenoxy) is 1. The number of amides is 1. The lowest BCUT2D eigenvalue weighted by Gasteiger charge is -2.34. The summed E-state index contributed by atoms with van der Waals surface area (Å²) < 4.78 is 59.2. The van der Waals surface area contributed by atoms with E-state index in [0.717, 1.165) is 49.2 Å². The average Bonchev–Trinajstić information content (AvgIpc) is 2.96. The molecule has 216 valence electrons. The molecule has 0 atom stereocenters. The second kappa shape index (κ2) is 13.6. The number of nitrogens with zero attached hydrogens (tertiary/aromatic N) is 2. The molecule has 0 bridgehead atoms. The molecule has 1 saturated heterocycles. The van der Waals surface area contributed by atoms with E-state index in [1.54, 1.807) is 35.4 Å². The lowest BCUT2D eigenvalue weighted by atomic mass is 9.92. The summed E-state index contributed by atoms with van der Waals surface area (Å²) in [5.74, 6) is -0.0706. The molecule has 6 nitrogen and oxygen atoms in total. The van der Waals surface area contributed by atoms with Gasteiger partial charge < -0.3 is 20.3 Å². The van der Waals surface area contributed by atoms with Crippen molar-refractivity contribution in [2.24, 2.45) is 0 Å².